The van der Waals surface area contributed by atoms with Gasteiger partial charge in [-0.1, -0.05) is 23.7 Å². The van der Waals surface area contributed by atoms with Crippen molar-refractivity contribution in [2.24, 2.45) is 0 Å². The van der Waals surface area contributed by atoms with Gasteiger partial charge in [-0.15, -0.1) is 0 Å². The molecule has 2 aliphatic heterocycles. The molecule has 7 nitrogen and oxygen atoms in total. The van der Waals surface area contributed by atoms with Gasteiger partial charge in [0, 0.05) is 29.9 Å². The van der Waals surface area contributed by atoms with E-state index in [0.29, 0.717) is 36.1 Å². The molecule has 30 heavy (non-hydrogen) atoms. The molecular formula is C22H20ClN5O2. The number of benzene rings is 1. The van der Waals surface area contributed by atoms with Crippen LogP contribution in [0.25, 0.3) is 22.2 Å². The Labute approximate surface area is 177 Å². The Hall–Kier alpha value is -2.90. The number of hydrogen-bond donors (Lipinski definition) is 3. The van der Waals surface area contributed by atoms with Gasteiger partial charge in [0.15, 0.2) is 0 Å². The highest BCUT2D eigenvalue weighted by Crippen LogP contribution is 2.46. The Kier molecular flexibility index (Phi) is 3.76. The number of carbonyl (C=O) groups excluding carboxylic acids is 2. The average molecular weight is 422 g/mol. The topological polar surface area (TPSA) is 90.1 Å². The second-order valence-corrected chi connectivity index (χ2v) is 8.74. The van der Waals surface area contributed by atoms with Crippen molar-refractivity contribution in [3.63, 3.8) is 0 Å². The molecule has 152 valence electrons. The third-order valence-electron chi connectivity index (χ3n) is 6.42. The molecule has 3 aliphatic rings. The monoisotopic (exact) mass is 421 g/mol. The van der Waals surface area contributed by atoms with Crippen LogP contribution in [-0.2, 0) is 4.79 Å². The van der Waals surface area contributed by atoms with Crippen molar-refractivity contribution < 1.29 is 9.59 Å². The van der Waals surface area contributed by atoms with Crippen LogP contribution >= 0.6 is 11.6 Å². The van der Waals surface area contributed by atoms with Gasteiger partial charge in [0.25, 0.3) is 5.91 Å². The van der Waals surface area contributed by atoms with E-state index < -0.39 is 5.54 Å². The number of anilines is 1. The summed E-state index contributed by atoms with van der Waals surface area (Å²) in [7, 11) is 0. The first-order chi connectivity index (χ1) is 14.6. The standard InChI is InChI=1S/C22H20ClN5O2/c23-18-16(10-26-19-17(18)15(9-25-19)12-4-5-12)13-2-1-3-14(8-13)28-20(29)22(27-21(28)30)6-7-24-11-22/h1-3,8-10,12,24H,4-7,11H2,(H,25,26)(H,27,30). The van der Waals surface area contributed by atoms with E-state index in [4.69, 9.17) is 11.6 Å². The summed E-state index contributed by atoms with van der Waals surface area (Å²) in [5.74, 6) is 0.331. The molecule has 1 spiro atoms. The van der Waals surface area contributed by atoms with E-state index >= 15 is 0 Å². The number of halogens is 1. The first kappa shape index (κ1) is 17.9. The van der Waals surface area contributed by atoms with Crippen molar-refractivity contribution in [2.45, 2.75) is 30.7 Å². The Balaban J connectivity index is 1.42. The summed E-state index contributed by atoms with van der Waals surface area (Å²) in [6.45, 7) is 1.17. The lowest BCUT2D eigenvalue weighted by molar-refractivity contribution is -0.121. The number of fused-ring (bicyclic) bond motifs is 1. The number of rotatable bonds is 3. The smallest absolute Gasteiger partial charge is 0.329 e. The fraction of sp³-hybridized carbons (Fsp3) is 0.318. The molecular weight excluding hydrogens is 402 g/mol. The molecule has 6 rings (SSSR count). The highest BCUT2D eigenvalue weighted by molar-refractivity contribution is 6.38. The molecule has 3 fully saturated rings. The summed E-state index contributed by atoms with van der Waals surface area (Å²) in [6, 6.07) is 6.98. The predicted octanol–water partition coefficient (Wildman–Crippen LogP) is 3.55. The van der Waals surface area contributed by atoms with Crippen molar-refractivity contribution in [3.8, 4) is 11.1 Å². The summed E-state index contributed by atoms with van der Waals surface area (Å²) >= 11 is 6.83. The molecule has 0 radical (unpaired) electrons. The zero-order valence-corrected chi connectivity index (χ0v) is 16.9. The maximum atomic E-state index is 13.1. The summed E-state index contributed by atoms with van der Waals surface area (Å²) in [4.78, 5) is 34.7. The number of aromatic amines is 1. The van der Waals surface area contributed by atoms with E-state index in [1.54, 1.807) is 12.3 Å². The van der Waals surface area contributed by atoms with Crippen LogP contribution in [0.2, 0.25) is 5.02 Å². The van der Waals surface area contributed by atoms with Gasteiger partial charge in [-0.05, 0) is 55.0 Å². The second-order valence-electron chi connectivity index (χ2n) is 8.36. The summed E-state index contributed by atoms with van der Waals surface area (Å²) < 4.78 is 0. The fourth-order valence-corrected chi connectivity index (χ4v) is 5.00. The van der Waals surface area contributed by atoms with E-state index in [1.807, 2.05) is 24.4 Å². The Morgan fingerprint density at radius 2 is 2.10 bits per heavy atom. The molecule has 1 aliphatic carbocycles. The minimum Gasteiger partial charge on any atom is -0.346 e. The fourth-order valence-electron chi connectivity index (χ4n) is 4.65. The number of aromatic nitrogens is 2. The maximum Gasteiger partial charge on any atom is 0.329 e. The van der Waals surface area contributed by atoms with Crippen LogP contribution in [-0.4, -0.2) is 40.5 Å². The normalized spacial score (nSPS) is 23.7. The number of imide groups is 1. The number of hydrogen-bond acceptors (Lipinski definition) is 4. The SMILES string of the molecule is O=C1NC2(CCNC2)C(=O)N1c1cccc(-c2cnc3[nH]cc(C4CC4)c3c2Cl)c1. The van der Waals surface area contributed by atoms with Crippen molar-refractivity contribution in [3.05, 3.63) is 47.2 Å². The number of H-pyrrole nitrogens is 1. The molecule has 3 N–H and O–H groups in total. The maximum absolute atomic E-state index is 13.1. The molecule has 3 aromatic rings. The van der Waals surface area contributed by atoms with Gasteiger partial charge in [0.1, 0.15) is 11.2 Å². The summed E-state index contributed by atoms with van der Waals surface area (Å²) in [6.07, 6.45) is 6.68. The Bertz CT molecular complexity index is 1210. The van der Waals surface area contributed by atoms with Gasteiger partial charge in [0.2, 0.25) is 0 Å². The third kappa shape index (κ3) is 2.52. The molecule has 0 bridgehead atoms. The molecule has 1 atom stereocenters. The first-order valence-corrected chi connectivity index (χ1v) is 10.6. The number of carbonyl (C=O) groups is 2. The highest BCUT2D eigenvalue weighted by atomic mass is 35.5. The molecule has 1 unspecified atom stereocenters. The van der Waals surface area contributed by atoms with Gasteiger partial charge >= 0.3 is 6.03 Å². The predicted molar refractivity (Wildman–Crippen MR) is 115 cm³/mol. The zero-order chi connectivity index (χ0) is 20.5. The largest absolute Gasteiger partial charge is 0.346 e. The molecule has 4 heterocycles. The van der Waals surface area contributed by atoms with Crippen LogP contribution in [0.1, 0.15) is 30.7 Å². The van der Waals surface area contributed by atoms with Gasteiger partial charge in [-0.2, -0.15) is 0 Å². The van der Waals surface area contributed by atoms with Crippen molar-refractivity contribution in [1.82, 2.24) is 20.6 Å². The molecule has 3 amide bonds. The molecule has 2 saturated heterocycles. The van der Waals surface area contributed by atoms with Gasteiger partial charge in [-0.3, -0.25) is 4.79 Å². The molecule has 8 heteroatoms. The lowest BCUT2D eigenvalue weighted by Gasteiger charge is -2.19. The number of amides is 3. The number of pyridine rings is 1. The zero-order valence-electron chi connectivity index (χ0n) is 16.2. The van der Waals surface area contributed by atoms with Crippen LogP contribution in [0, 0.1) is 0 Å². The van der Waals surface area contributed by atoms with E-state index in [2.05, 4.69) is 20.6 Å². The van der Waals surface area contributed by atoms with Crippen molar-refractivity contribution in [2.75, 3.05) is 18.0 Å². The number of nitrogens with zero attached hydrogens (tertiary/aromatic N) is 2. The van der Waals surface area contributed by atoms with Gasteiger partial charge in [0.05, 0.1) is 10.7 Å². The van der Waals surface area contributed by atoms with E-state index in [-0.39, 0.29) is 11.9 Å². The second kappa shape index (κ2) is 6.30. The summed E-state index contributed by atoms with van der Waals surface area (Å²) in [5.41, 5.74) is 3.30. The van der Waals surface area contributed by atoms with Crippen LogP contribution in [0.4, 0.5) is 10.5 Å². The Morgan fingerprint density at radius 1 is 1.23 bits per heavy atom. The minimum atomic E-state index is -0.838. The van der Waals surface area contributed by atoms with Gasteiger partial charge < -0.3 is 15.6 Å². The quantitative estimate of drug-likeness (QED) is 0.564. The summed E-state index contributed by atoms with van der Waals surface area (Å²) in [5, 5.41) is 7.66. The third-order valence-corrected chi connectivity index (χ3v) is 6.81. The first-order valence-electron chi connectivity index (χ1n) is 10.2. The van der Waals surface area contributed by atoms with Crippen LogP contribution < -0.4 is 15.5 Å². The molecule has 1 aromatic carbocycles. The van der Waals surface area contributed by atoms with Crippen molar-refractivity contribution >= 4 is 40.3 Å². The highest BCUT2D eigenvalue weighted by Gasteiger charge is 2.53. The Morgan fingerprint density at radius 3 is 2.87 bits per heavy atom. The average Bonchev–Trinajstić information content (AvgIpc) is 3.21. The van der Waals surface area contributed by atoms with E-state index in [0.717, 1.165) is 22.2 Å². The molecule has 1 saturated carbocycles. The number of urea groups is 1. The molecule has 2 aromatic heterocycles. The number of nitrogens with one attached hydrogen (secondary N) is 3. The lowest BCUT2D eigenvalue weighted by atomic mass is 9.98. The van der Waals surface area contributed by atoms with E-state index in [9.17, 15) is 9.59 Å². The van der Waals surface area contributed by atoms with Gasteiger partial charge in [-0.25, -0.2) is 14.7 Å². The van der Waals surface area contributed by atoms with Crippen LogP contribution in [0.3, 0.4) is 0 Å². The lowest BCUT2D eigenvalue weighted by Crippen LogP contribution is -2.48. The van der Waals surface area contributed by atoms with Crippen LogP contribution in [0.15, 0.2) is 36.7 Å². The van der Waals surface area contributed by atoms with Crippen molar-refractivity contribution in [1.29, 1.82) is 0 Å². The van der Waals surface area contributed by atoms with E-state index in [1.165, 1.54) is 23.3 Å². The van der Waals surface area contributed by atoms with Crippen LogP contribution in [0.5, 0.6) is 0 Å². The minimum absolute atomic E-state index is 0.212.